The largest absolute Gasteiger partial charge is 0.495 e. The Morgan fingerprint density at radius 3 is 2.64 bits per heavy atom. The molecule has 0 spiro atoms. The van der Waals surface area contributed by atoms with Crippen molar-refractivity contribution in [2.24, 2.45) is 5.92 Å². The van der Waals surface area contributed by atoms with Gasteiger partial charge in [0.25, 0.3) is 5.91 Å². The van der Waals surface area contributed by atoms with Crippen LogP contribution in [0.5, 0.6) is 5.75 Å². The zero-order valence-corrected chi connectivity index (χ0v) is 12.6. The molecule has 0 bridgehead atoms. The van der Waals surface area contributed by atoms with Gasteiger partial charge in [-0.1, -0.05) is 0 Å². The number of amides is 2. The minimum Gasteiger partial charge on any atom is -0.495 e. The maximum absolute atomic E-state index is 12.5. The molecule has 1 aliphatic heterocycles. The van der Waals surface area contributed by atoms with Crippen LogP contribution in [0.4, 0.5) is 5.69 Å². The number of carbonyl (C=O) groups excluding carboxylic acids is 2. The Bertz CT molecular complexity index is 578. The molecule has 0 atom stereocenters. The van der Waals surface area contributed by atoms with Crippen molar-refractivity contribution in [1.82, 2.24) is 4.90 Å². The van der Waals surface area contributed by atoms with E-state index in [1.165, 1.54) is 0 Å². The molecule has 1 aliphatic carbocycles. The van der Waals surface area contributed by atoms with Crippen LogP contribution in [0.2, 0.25) is 0 Å². The van der Waals surface area contributed by atoms with Crippen molar-refractivity contribution in [3.63, 3.8) is 0 Å². The third-order valence-electron chi connectivity index (χ3n) is 3.95. The van der Waals surface area contributed by atoms with Crippen LogP contribution in [0.1, 0.15) is 23.2 Å². The van der Waals surface area contributed by atoms with Crippen LogP contribution in [0.15, 0.2) is 18.2 Å². The molecule has 2 amide bonds. The topological polar surface area (TPSA) is 67.9 Å². The molecule has 1 aromatic rings. The Kier molecular flexibility index (Phi) is 4.29. The SMILES string of the molecule is COc1ccc(C(=O)N2CCOCC2)cc1NC(=O)C1CC1. The molecule has 1 N–H and O–H groups in total. The number of carbonyl (C=O) groups is 2. The molecule has 6 heteroatoms. The predicted octanol–water partition coefficient (Wildman–Crippen LogP) is 1.52. The highest BCUT2D eigenvalue weighted by molar-refractivity contribution is 5.99. The predicted molar refractivity (Wildman–Crippen MR) is 81.1 cm³/mol. The Morgan fingerprint density at radius 2 is 2.00 bits per heavy atom. The van der Waals surface area contributed by atoms with Gasteiger partial charge in [0.1, 0.15) is 5.75 Å². The van der Waals surface area contributed by atoms with E-state index in [1.807, 2.05) is 0 Å². The van der Waals surface area contributed by atoms with Crippen LogP contribution in [0.3, 0.4) is 0 Å². The standard InChI is InChI=1S/C16H20N2O4/c1-21-14-5-4-12(16(20)18-6-8-22-9-7-18)10-13(14)17-15(19)11-2-3-11/h4-5,10-11H,2-3,6-9H2,1H3,(H,17,19). The second-order valence-corrected chi connectivity index (χ2v) is 5.58. The number of anilines is 1. The lowest BCUT2D eigenvalue weighted by Crippen LogP contribution is -2.40. The van der Waals surface area contributed by atoms with E-state index in [4.69, 9.17) is 9.47 Å². The van der Waals surface area contributed by atoms with Crippen molar-refractivity contribution in [2.75, 3.05) is 38.7 Å². The van der Waals surface area contributed by atoms with Gasteiger partial charge in [-0.2, -0.15) is 0 Å². The molecule has 118 valence electrons. The van der Waals surface area contributed by atoms with Crippen molar-refractivity contribution in [1.29, 1.82) is 0 Å². The molecule has 1 aromatic carbocycles. The highest BCUT2D eigenvalue weighted by Crippen LogP contribution is 2.32. The average molecular weight is 304 g/mol. The normalized spacial score (nSPS) is 18.0. The van der Waals surface area contributed by atoms with Gasteiger partial charge < -0.3 is 19.7 Å². The summed E-state index contributed by atoms with van der Waals surface area (Å²) in [6.07, 6.45) is 1.86. The van der Waals surface area contributed by atoms with E-state index in [9.17, 15) is 9.59 Å². The molecular weight excluding hydrogens is 284 g/mol. The Labute approximate surface area is 129 Å². The summed E-state index contributed by atoms with van der Waals surface area (Å²) in [5.41, 5.74) is 1.10. The molecule has 22 heavy (non-hydrogen) atoms. The first-order valence-corrected chi connectivity index (χ1v) is 7.55. The van der Waals surface area contributed by atoms with E-state index in [0.29, 0.717) is 43.3 Å². The number of hydrogen-bond acceptors (Lipinski definition) is 4. The van der Waals surface area contributed by atoms with Crippen LogP contribution in [-0.2, 0) is 9.53 Å². The zero-order chi connectivity index (χ0) is 15.5. The minimum absolute atomic E-state index is 0.00530. The number of nitrogens with one attached hydrogen (secondary N) is 1. The first-order valence-electron chi connectivity index (χ1n) is 7.55. The number of rotatable bonds is 4. The van der Waals surface area contributed by atoms with E-state index >= 15 is 0 Å². The first kappa shape index (κ1) is 14.8. The van der Waals surface area contributed by atoms with E-state index in [1.54, 1.807) is 30.2 Å². The lowest BCUT2D eigenvalue weighted by Gasteiger charge is -2.27. The van der Waals surface area contributed by atoms with Gasteiger partial charge in [-0.15, -0.1) is 0 Å². The van der Waals surface area contributed by atoms with Gasteiger partial charge in [0, 0.05) is 24.6 Å². The third-order valence-corrected chi connectivity index (χ3v) is 3.95. The summed E-state index contributed by atoms with van der Waals surface area (Å²) in [5, 5.41) is 2.86. The van der Waals surface area contributed by atoms with E-state index in [-0.39, 0.29) is 17.7 Å². The molecule has 0 unspecified atom stereocenters. The summed E-state index contributed by atoms with van der Waals surface area (Å²) in [4.78, 5) is 26.2. The fourth-order valence-electron chi connectivity index (χ4n) is 2.47. The Balaban J connectivity index is 1.79. The fourth-order valence-corrected chi connectivity index (χ4v) is 2.47. The number of nitrogens with zero attached hydrogens (tertiary/aromatic N) is 1. The number of benzene rings is 1. The quantitative estimate of drug-likeness (QED) is 0.915. The second kappa shape index (κ2) is 6.36. The smallest absolute Gasteiger partial charge is 0.254 e. The van der Waals surface area contributed by atoms with Crippen LogP contribution >= 0.6 is 0 Å². The van der Waals surface area contributed by atoms with Gasteiger partial charge in [0.2, 0.25) is 5.91 Å². The number of morpholine rings is 1. The molecule has 1 saturated carbocycles. The van der Waals surface area contributed by atoms with Crippen molar-refractivity contribution < 1.29 is 19.1 Å². The molecule has 2 fully saturated rings. The minimum atomic E-state index is -0.0483. The summed E-state index contributed by atoms with van der Waals surface area (Å²) >= 11 is 0. The van der Waals surface area contributed by atoms with Gasteiger partial charge in [-0.3, -0.25) is 9.59 Å². The van der Waals surface area contributed by atoms with Gasteiger partial charge in [-0.05, 0) is 31.0 Å². The number of hydrogen-bond donors (Lipinski definition) is 1. The number of ether oxygens (including phenoxy) is 2. The fraction of sp³-hybridized carbons (Fsp3) is 0.500. The van der Waals surface area contributed by atoms with E-state index in [2.05, 4.69) is 5.32 Å². The van der Waals surface area contributed by atoms with E-state index in [0.717, 1.165) is 12.8 Å². The highest BCUT2D eigenvalue weighted by Gasteiger charge is 2.30. The van der Waals surface area contributed by atoms with Gasteiger partial charge in [0.15, 0.2) is 0 Å². The number of methoxy groups -OCH3 is 1. The van der Waals surface area contributed by atoms with Crippen LogP contribution in [-0.4, -0.2) is 50.1 Å². The molecule has 3 rings (SSSR count). The van der Waals surface area contributed by atoms with Crippen LogP contribution in [0, 0.1) is 5.92 Å². The Hall–Kier alpha value is -2.08. The molecule has 0 radical (unpaired) electrons. The lowest BCUT2D eigenvalue weighted by atomic mass is 10.1. The second-order valence-electron chi connectivity index (χ2n) is 5.58. The van der Waals surface area contributed by atoms with E-state index < -0.39 is 0 Å². The molecular formula is C16H20N2O4. The van der Waals surface area contributed by atoms with Crippen LogP contribution in [0.25, 0.3) is 0 Å². The lowest BCUT2D eigenvalue weighted by molar-refractivity contribution is -0.117. The summed E-state index contributed by atoms with van der Waals surface area (Å²) in [5.74, 6) is 0.609. The van der Waals surface area contributed by atoms with Gasteiger partial charge >= 0.3 is 0 Å². The van der Waals surface area contributed by atoms with Crippen molar-refractivity contribution in [2.45, 2.75) is 12.8 Å². The molecule has 1 heterocycles. The van der Waals surface area contributed by atoms with Crippen molar-refractivity contribution in [3.8, 4) is 5.75 Å². The molecule has 2 aliphatic rings. The summed E-state index contributed by atoms with van der Waals surface area (Å²) < 4.78 is 10.5. The third kappa shape index (κ3) is 3.22. The monoisotopic (exact) mass is 304 g/mol. The summed E-state index contributed by atoms with van der Waals surface area (Å²) in [6, 6.07) is 5.14. The van der Waals surface area contributed by atoms with Gasteiger partial charge in [-0.25, -0.2) is 0 Å². The first-order chi connectivity index (χ1) is 10.7. The zero-order valence-electron chi connectivity index (χ0n) is 12.6. The highest BCUT2D eigenvalue weighted by atomic mass is 16.5. The summed E-state index contributed by atoms with van der Waals surface area (Å²) in [7, 11) is 1.55. The Morgan fingerprint density at radius 1 is 1.27 bits per heavy atom. The molecule has 6 nitrogen and oxygen atoms in total. The van der Waals surface area contributed by atoms with Crippen molar-refractivity contribution in [3.05, 3.63) is 23.8 Å². The van der Waals surface area contributed by atoms with Crippen LogP contribution < -0.4 is 10.1 Å². The average Bonchev–Trinajstić information content (AvgIpc) is 3.40. The summed E-state index contributed by atoms with van der Waals surface area (Å²) in [6.45, 7) is 2.31. The molecule has 0 aromatic heterocycles. The molecule has 1 saturated heterocycles. The maximum atomic E-state index is 12.5. The maximum Gasteiger partial charge on any atom is 0.254 e. The van der Waals surface area contributed by atoms with Gasteiger partial charge in [0.05, 0.1) is 26.0 Å². The van der Waals surface area contributed by atoms with Crippen molar-refractivity contribution >= 4 is 17.5 Å².